The average Bonchev–Trinajstić information content (AvgIpc) is 4.02. The van der Waals surface area contributed by atoms with E-state index >= 15 is 0 Å². The normalized spacial score (nSPS) is 19.9. The zero-order valence-corrected chi connectivity index (χ0v) is 31.3. The lowest BCUT2D eigenvalue weighted by Crippen LogP contribution is -2.49. The first-order valence-corrected chi connectivity index (χ1v) is 20.2. The highest BCUT2D eigenvalue weighted by Gasteiger charge is 2.35. The molecule has 0 saturated heterocycles. The van der Waals surface area contributed by atoms with E-state index in [-0.39, 0.29) is 18.1 Å². The van der Waals surface area contributed by atoms with Crippen molar-refractivity contribution in [1.29, 1.82) is 5.26 Å². The predicted octanol–water partition coefficient (Wildman–Crippen LogP) is 9.10. The number of hydrogen-bond donors (Lipinski definition) is 3. The summed E-state index contributed by atoms with van der Waals surface area (Å²) in [5.41, 5.74) is 7.60. The summed E-state index contributed by atoms with van der Waals surface area (Å²) in [5.74, 6) is 1.68. The number of fused-ring (bicyclic) bond motifs is 2. The molecule has 4 aromatic carbocycles. The Morgan fingerprint density at radius 1 is 0.926 bits per heavy atom. The SMILES string of the molecule is CCc1ccc2c(c1)[C@@H](NC[C@@H](O)[C@H](Cc1ccccc1)NC(=O)c1cc(C3CCCC3)cc(-n3cc(C#N)c4ccccc43)c1)C[C@@H](C1CCCC1)O2. The molecule has 1 amide bonds. The topological polar surface area (TPSA) is 99.3 Å². The number of aromatic nitrogens is 1. The number of nitrogens with zero attached hydrogens (tertiary/aromatic N) is 2. The molecule has 2 aliphatic carbocycles. The van der Waals surface area contributed by atoms with Crippen LogP contribution in [0.15, 0.2) is 97.2 Å². The van der Waals surface area contributed by atoms with Crippen molar-refractivity contribution in [2.75, 3.05) is 6.54 Å². The number of benzene rings is 4. The van der Waals surface area contributed by atoms with Crippen molar-refractivity contribution in [3.8, 4) is 17.5 Å². The predicted molar refractivity (Wildman–Crippen MR) is 214 cm³/mol. The maximum absolute atomic E-state index is 14.4. The van der Waals surface area contributed by atoms with Gasteiger partial charge >= 0.3 is 0 Å². The van der Waals surface area contributed by atoms with Gasteiger partial charge in [0.25, 0.3) is 5.91 Å². The van der Waals surface area contributed by atoms with Gasteiger partial charge in [0.2, 0.25) is 0 Å². The van der Waals surface area contributed by atoms with Crippen molar-refractivity contribution in [1.82, 2.24) is 15.2 Å². The molecule has 278 valence electrons. The highest BCUT2D eigenvalue weighted by molar-refractivity contribution is 5.96. The number of amides is 1. The third-order valence-electron chi connectivity index (χ3n) is 12.3. The highest BCUT2D eigenvalue weighted by Crippen LogP contribution is 2.42. The summed E-state index contributed by atoms with van der Waals surface area (Å²) >= 11 is 0. The monoisotopic (exact) mass is 720 g/mol. The van der Waals surface area contributed by atoms with Gasteiger partial charge in [-0.15, -0.1) is 0 Å². The van der Waals surface area contributed by atoms with Gasteiger partial charge in [-0.05, 0) is 97.4 Å². The molecule has 2 heterocycles. The van der Waals surface area contributed by atoms with E-state index in [1.54, 1.807) is 0 Å². The smallest absolute Gasteiger partial charge is 0.251 e. The molecule has 0 unspecified atom stereocenters. The van der Waals surface area contributed by atoms with Gasteiger partial charge in [-0.3, -0.25) is 4.79 Å². The van der Waals surface area contributed by atoms with Gasteiger partial charge in [0, 0.05) is 47.4 Å². The summed E-state index contributed by atoms with van der Waals surface area (Å²) in [5, 5.41) is 29.9. The largest absolute Gasteiger partial charge is 0.490 e. The maximum atomic E-state index is 14.4. The minimum Gasteiger partial charge on any atom is -0.490 e. The summed E-state index contributed by atoms with van der Waals surface area (Å²) in [7, 11) is 0. The van der Waals surface area contributed by atoms with Crippen molar-refractivity contribution >= 4 is 16.8 Å². The number of aliphatic hydroxyl groups is 1. The minimum atomic E-state index is -0.844. The Kier molecular flexibility index (Phi) is 10.8. The number of nitrogens with one attached hydrogen (secondary N) is 2. The van der Waals surface area contributed by atoms with Gasteiger partial charge in [-0.2, -0.15) is 5.26 Å². The molecule has 2 fully saturated rings. The molecule has 1 aromatic heterocycles. The number of aryl methyl sites for hydroxylation is 1. The molecule has 0 radical (unpaired) electrons. The minimum absolute atomic E-state index is 0.0499. The third kappa shape index (κ3) is 7.69. The standard InChI is InChI=1S/C47H52N4O3/c1-2-31-20-21-45-40(22-31)41(27-46(54-45)34-16-8-9-17-34)49-29-44(52)42(23-32-12-4-3-5-13-32)50-47(53)36-24-35(33-14-6-7-15-33)25-38(26-36)51-30-37(28-48)39-18-10-11-19-43(39)51/h3-5,10-13,18-22,24-26,30,33-34,41-42,44,46,49,52H,2,6-9,14-17,23,27,29H2,1H3,(H,50,53)/t41-,42-,44+,46-/m0/s1. The van der Waals surface area contributed by atoms with Gasteiger partial charge < -0.3 is 25.0 Å². The second-order valence-corrected chi connectivity index (χ2v) is 15.8. The number of carbonyl (C=O) groups is 1. The summed E-state index contributed by atoms with van der Waals surface area (Å²) < 4.78 is 8.66. The zero-order chi connectivity index (χ0) is 37.0. The first-order valence-electron chi connectivity index (χ1n) is 20.2. The van der Waals surface area contributed by atoms with Crippen molar-refractivity contribution in [3.05, 3.63) is 131 Å². The second-order valence-electron chi connectivity index (χ2n) is 15.8. The number of carbonyl (C=O) groups excluding carboxylic acids is 1. The number of para-hydroxylation sites is 1. The molecule has 4 atom stereocenters. The van der Waals surface area contributed by atoms with E-state index in [2.05, 4.69) is 60.0 Å². The van der Waals surface area contributed by atoms with Crippen LogP contribution in [0.2, 0.25) is 0 Å². The van der Waals surface area contributed by atoms with Gasteiger partial charge in [0.1, 0.15) is 17.9 Å². The fourth-order valence-electron chi connectivity index (χ4n) is 9.27. The lowest BCUT2D eigenvalue weighted by Gasteiger charge is -2.37. The second kappa shape index (κ2) is 16.2. The maximum Gasteiger partial charge on any atom is 0.251 e. The van der Waals surface area contributed by atoms with E-state index < -0.39 is 12.1 Å². The summed E-state index contributed by atoms with van der Waals surface area (Å²) in [6.45, 7) is 2.50. The molecule has 0 bridgehead atoms. The number of aliphatic hydroxyl groups excluding tert-OH is 1. The summed E-state index contributed by atoms with van der Waals surface area (Å²) in [4.78, 5) is 14.4. The third-order valence-corrected chi connectivity index (χ3v) is 12.3. The number of hydrogen-bond acceptors (Lipinski definition) is 5. The molecule has 7 nitrogen and oxygen atoms in total. The van der Waals surface area contributed by atoms with E-state index in [0.717, 1.165) is 64.7 Å². The molecule has 7 heteroatoms. The molecule has 3 aliphatic rings. The highest BCUT2D eigenvalue weighted by atomic mass is 16.5. The first-order chi connectivity index (χ1) is 26.5. The Bertz CT molecular complexity index is 2120. The first kappa shape index (κ1) is 36.1. The van der Waals surface area contributed by atoms with Crippen LogP contribution >= 0.6 is 0 Å². The Morgan fingerprint density at radius 3 is 2.46 bits per heavy atom. The molecule has 8 rings (SSSR count). The fraction of sp³-hybridized carbons (Fsp3) is 0.404. The average molecular weight is 721 g/mol. The van der Waals surface area contributed by atoms with E-state index in [1.165, 1.54) is 44.1 Å². The molecule has 1 aliphatic heterocycles. The molecule has 5 aromatic rings. The number of ether oxygens (including phenoxy) is 1. The van der Waals surface area contributed by atoms with E-state index in [1.807, 2.05) is 65.4 Å². The van der Waals surface area contributed by atoms with Crippen LogP contribution in [0, 0.1) is 17.2 Å². The summed E-state index contributed by atoms with van der Waals surface area (Å²) in [6, 6.07) is 32.6. The van der Waals surface area contributed by atoms with Crippen LogP contribution in [0.5, 0.6) is 5.75 Å². The molecule has 54 heavy (non-hydrogen) atoms. The number of rotatable bonds is 12. The van der Waals surface area contributed by atoms with Crippen LogP contribution in [0.4, 0.5) is 0 Å². The lowest BCUT2D eigenvalue weighted by atomic mass is 9.87. The molecular formula is C47H52N4O3. The summed E-state index contributed by atoms with van der Waals surface area (Å²) in [6.07, 6.45) is 13.0. The fourth-order valence-corrected chi connectivity index (χ4v) is 9.27. The van der Waals surface area contributed by atoms with Gasteiger partial charge in [-0.25, -0.2) is 0 Å². The molecule has 0 spiro atoms. The molecular weight excluding hydrogens is 669 g/mol. The van der Waals surface area contributed by atoms with Crippen molar-refractivity contribution in [3.63, 3.8) is 0 Å². The van der Waals surface area contributed by atoms with Crippen LogP contribution < -0.4 is 15.4 Å². The Labute approximate surface area is 319 Å². The number of nitriles is 1. The van der Waals surface area contributed by atoms with Crippen LogP contribution in [0.25, 0.3) is 16.6 Å². The van der Waals surface area contributed by atoms with Crippen LogP contribution in [-0.4, -0.2) is 40.4 Å². The van der Waals surface area contributed by atoms with Gasteiger partial charge in [0.15, 0.2) is 0 Å². The lowest BCUT2D eigenvalue weighted by molar-refractivity contribution is 0.0757. The van der Waals surface area contributed by atoms with Crippen molar-refractivity contribution < 1.29 is 14.6 Å². The van der Waals surface area contributed by atoms with Gasteiger partial charge in [-0.1, -0.05) is 93.3 Å². The van der Waals surface area contributed by atoms with Crippen molar-refractivity contribution in [2.24, 2.45) is 5.92 Å². The van der Waals surface area contributed by atoms with Crippen LogP contribution in [0.1, 0.15) is 115 Å². The molecule has 3 N–H and O–H groups in total. The molecule has 2 saturated carbocycles. The Balaban J connectivity index is 1.07. The quantitative estimate of drug-likeness (QED) is 0.119. The Hall–Kier alpha value is -4.90. The zero-order valence-electron chi connectivity index (χ0n) is 31.3. The van der Waals surface area contributed by atoms with E-state index in [9.17, 15) is 15.2 Å². The van der Waals surface area contributed by atoms with Crippen LogP contribution in [0.3, 0.4) is 0 Å². The van der Waals surface area contributed by atoms with E-state index in [0.29, 0.717) is 35.9 Å². The van der Waals surface area contributed by atoms with E-state index in [4.69, 9.17) is 4.74 Å². The van der Waals surface area contributed by atoms with Crippen molar-refractivity contribution in [2.45, 2.75) is 108 Å². The Morgan fingerprint density at radius 2 is 1.69 bits per heavy atom. The van der Waals surface area contributed by atoms with Gasteiger partial charge in [0.05, 0.1) is 23.2 Å². The van der Waals surface area contributed by atoms with Crippen LogP contribution in [-0.2, 0) is 12.8 Å².